The van der Waals surface area contributed by atoms with E-state index in [0.29, 0.717) is 34.0 Å². The Kier molecular flexibility index (Phi) is 6.91. The summed E-state index contributed by atoms with van der Waals surface area (Å²) in [7, 11) is -2.25. The number of piperidine rings is 1. The van der Waals surface area contributed by atoms with E-state index in [2.05, 4.69) is 5.32 Å². The first-order valence-corrected chi connectivity index (χ1v) is 12.9. The second-order valence-electron chi connectivity index (χ2n) is 8.28. The minimum Gasteiger partial charge on any atom is -0.348 e. The molecule has 1 aliphatic heterocycles. The summed E-state index contributed by atoms with van der Waals surface area (Å²) in [6.07, 6.45) is 0.746. The van der Waals surface area contributed by atoms with Gasteiger partial charge in [0.2, 0.25) is 5.91 Å². The van der Waals surface area contributed by atoms with Gasteiger partial charge in [-0.3, -0.25) is 9.59 Å². The summed E-state index contributed by atoms with van der Waals surface area (Å²) in [5, 5.41) is 4.51. The van der Waals surface area contributed by atoms with E-state index in [0.717, 1.165) is 18.0 Å². The molecule has 0 aliphatic carbocycles. The normalized spacial score (nSPS) is 19.2. The average Bonchev–Trinajstić information content (AvgIpc) is 3.13. The number of hydrogen-bond donors (Lipinski definition) is 2. The largest absolute Gasteiger partial charge is 0.348 e. The van der Waals surface area contributed by atoms with Gasteiger partial charge in [-0.25, -0.2) is 4.72 Å². The third-order valence-electron chi connectivity index (χ3n) is 6.00. The van der Waals surface area contributed by atoms with Crippen LogP contribution in [0, 0.1) is 0 Å². The van der Waals surface area contributed by atoms with E-state index < -0.39 is 22.2 Å². The van der Waals surface area contributed by atoms with Crippen LogP contribution >= 0.6 is 23.2 Å². The lowest BCUT2D eigenvalue weighted by Crippen LogP contribution is -2.51. The Morgan fingerprint density at radius 1 is 1.09 bits per heavy atom. The Bertz CT molecular complexity index is 1360. The second kappa shape index (κ2) is 9.58. The van der Waals surface area contributed by atoms with Gasteiger partial charge >= 0.3 is 10.2 Å². The van der Waals surface area contributed by atoms with Crippen molar-refractivity contribution >= 4 is 56.1 Å². The fourth-order valence-corrected chi connectivity index (χ4v) is 6.16. The lowest BCUT2D eigenvalue weighted by molar-refractivity contribution is -0.117. The Morgan fingerprint density at radius 3 is 2.47 bits per heavy atom. The fourth-order valence-electron chi connectivity index (χ4n) is 4.41. The second-order valence-corrected chi connectivity index (χ2v) is 10.7. The number of nitrogens with one attached hydrogen (secondary N) is 2. The molecule has 3 aromatic rings. The highest BCUT2D eigenvalue weighted by atomic mass is 35.5. The summed E-state index contributed by atoms with van der Waals surface area (Å²) in [6, 6.07) is 13.5. The minimum atomic E-state index is -4.03. The first-order valence-electron chi connectivity index (χ1n) is 10.7. The number of aryl methyl sites for hydroxylation is 1. The summed E-state index contributed by atoms with van der Waals surface area (Å²) < 4.78 is 30.7. The van der Waals surface area contributed by atoms with Crippen LogP contribution in [0.4, 0.5) is 0 Å². The van der Waals surface area contributed by atoms with E-state index in [4.69, 9.17) is 23.2 Å². The molecule has 2 atom stereocenters. The summed E-state index contributed by atoms with van der Waals surface area (Å²) in [4.78, 5) is 24.6. The third kappa shape index (κ3) is 4.79. The highest BCUT2D eigenvalue weighted by Crippen LogP contribution is 2.34. The summed E-state index contributed by atoms with van der Waals surface area (Å²) >= 11 is 12.4. The van der Waals surface area contributed by atoms with Crippen LogP contribution in [-0.2, 0) is 22.1 Å². The Balaban J connectivity index is 1.59. The van der Waals surface area contributed by atoms with E-state index in [9.17, 15) is 18.0 Å². The van der Waals surface area contributed by atoms with Crippen molar-refractivity contribution in [2.24, 2.45) is 7.05 Å². The molecule has 2 N–H and O–H groups in total. The molecule has 8 nitrogen and oxygen atoms in total. The molecule has 2 amide bonds. The number of fused-ring (bicyclic) bond motifs is 1. The fraction of sp³-hybridized carbons (Fsp3) is 0.304. The number of nitrogens with zero attached hydrogens (tertiary/aromatic N) is 2. The van der Waals surface area contributed by atoms with Crippen molar-refractivity contribution in [1.82, 2.24) is 18.9 Å². The maximum absolute atomic E-state index is 13.2. The third-order valence-corrected chi connectivity index (χ3v) is 8.42. The number of aromatic nitrogens is 1. The molecule has 1 aromatic heterocycles. The smallest absolute Gasteiger partial charge is 0.304 e. The topological polar surface area (TPSA) is 101 Å². The molecule has 180 valence electrons. The maximum Gasteiger partial charge on any atom is 0.304 e. The van der Waals surface area contributed by atoms with Crippen LogP contribution in [0.3, 0.4) is 0 Å². The van der Waals surface area contributed by atoms with Crippen molar-refractivity contribution in [1.29, 1.82) is 0 Å². The molecule has 4 rings (SSSR count). The van der Waals surface area contributed by atoms with Crippen LogP contribution in [0.2, 0.25) is 10.0 Å². The lowest BCUT2D eigenvalue weighted by atomic mass is 9.93. The zero-order valence-corrected chi connectivity index (χ0v) is 20.9. The van der Waals surface area contributed by atoms with Gasteiger partial charge in [-0.05, 0) is 36.6 Å². The molecule has 2 heterocycles. The van der Waals surface area contributed by atoms with Crippen molar-refractivity contribution in [2.45, 2.75) is 31.8 Å². The molecule has 1 saturated heterocycles. The number of hydrogen-bond acceptors (Lipinski definition) is 4. The van der Waals surface area contributed by atoms with Gasteiger partial charge in [0.1, 0.15) is 5.69 Å². The monoisotopic (exact) mass is 522 g/mol. The highest BCUT2D eigenvalue weighted by molar-refractivity contribution is 7.87. The zero-order chi connectivity index (χ0) is 24.6. The van der Waals surface area contributed by atoms with Crippen LogP contribution in [0.1, 0.15) is 41.9 Å². The van der Waals surface area contributed by atoms with Crippen LogP contribution < -0.4 is 10.0 Å². The van der Waals surface area contributed by atoms with Crippen LogP contribution in [0.5, 0.6) is 0 Å². The van der Waals surface area contributed by atoms with Gasteiger partial charge in [-0.1, -0.05) is 53.5 Å². The van der Waals surface area contributed by atoms with E-state index >= 15 is 0 Å². The van der Waals surface area contributed by atoms with Gasteiger partial charge in [0.15, 0.2) is 0 Å². The highest BCUT2D eigenvalue weighted by Gasteiger charge is 2.38. The predicted octanol–water partition coefficient (Wildman–Crippen LogP) is 3.80. The molecule has 0 unspecified atom stereocenters. The summed E-state index contributed by atoms with van der Waals surface area (Å²) in [5.41, 5.74) is 1.98. The van der Waals surface area contributed by atoms with E-state index in [1.165, 1.54) is 4.31 Å². The first kappa shape index (κ1) is 24.5. The van der Waals surface area contributed by atoms with Crippen LogP contribution in [0.15, 0.2) is 48.5 Å². The molecule has 1 aliphatic rings. The van der Waals surface area contributed by atoms with Crippen molar-refractivity contribution in [3.05, 3.63) is 69.8 Å². The van der Waals surface area contributed by atoms with Crippen molar-refractivity contribution in [2.75, 3.05) is 6.54 Å². The van der Waals surface area contributed by atoms with Crippen molar-refractivity contribution in [3.8, 4) is 0 Å². The average molecular weight is 523 g/mol. The standard InChI is InChI=1S/C23H24Cl2N4O4S/c1-14(30)27-34(32,33)29-11-10-16(12-20(29)15-6-4-3-5-7-15)26-23(31)21-13-17-19(28(21)2)9-8-18(24)22(17)25/h3-9,13,16,20H,10-12H2,1-2H3,(H,26,31)(H,27,30)/t16-,20+/m0/s1. The summed E-state index contributed by atoms with van der Waals surface area (Å²) in [6.45, 7) is 1.30. The number of carbonyl (C=O) groups is 2. The zero-order valence-electron chi connectivity index (χ0n) is 18.6. The Hall–Kier alpha value is -2.59. The number of amides is 2. The van der Waals surface area contributed by atoms with Crippen LogP contribution in [0.25, 0.3) is 10.9 Å². The van der Waals surface area contributed by atoms with Crippen molar-refractivity contribution in [3.63, 3.8) is 0 Å². The molecule has 34 heavy (non-hydrogen) atoms. The van der Waals surface area contributed by atoms with Crippen molar-refractivity contribution < 1.29 is 18.0 Å². The molecule has 0 spiro atoms. The number of halogens is 2. The SMILES string of the molecule is CC(=O)NS(=O)(=O)N1CC[C@H](NC(=O)c2cc3c(Cl)c(Cl)ccc3n2C)C[C@@H]1c1ccccc1. The van der Waals surface area contributed by atoms with E-state index in [1.807, 2.05) is 35.1 Å². The number of carbonyl (C=O) groups excluding carboxylic acids is 2. The first-order chi connectivity index (χ1) is 16.1. The molecule has 0 saturated carbocycles. The molecule has 2 aromatic carbocycles. The number of benzene rings is 2. The van der Waals surface area contributed by atoms with Gasteiger partial charge in [-0.2, -0.15) is 12.7 Å². The van der Waals surface area contributed by atoms with Gasteiger partial charge < -0.3 is 9.88 Å². The molecular weight excluding hydrogens is 499 g/mol. The molecular formula is C23H24Cl2N4O4S. The van der Waals surface area contributed by atoms with E-state index in [-0.39, 0.29) is 18.5 Å². The van der Waals surface area contributed by atoms with E-state index in [1.54, 1.807) is 29.8 Å². The van der Waals surface area contributed by atoms with Crippen LogP contribution in [-0.4, -0.2) is 41.7 Å². The van der Waals surface area contributed by atoms with Gasteiger partial charge in [0, 0.05) is 37.5 Å². The van der Waals surface area contributed by atoms with Gasteiger partial charge in [0.25, 0.3) is 5.91 Å². The molecule has 11 heteroatoms. The maximum atomic E-state index is 13.2. The molecule has 1 fully saturated rings. The lowest BCUT2D eigenvalue weighted by Gasteiger charge is -2.38. The van der Waals surface area contributed by atoms with Gasteiger partial charge in [-0.15, -0.1) is 0 Å². The summed E-state index contributed by atoms with van der Waals surface area (Å²) in [5.74, 6) is -0.947. The minimum absolute atomic E-state index is 0.143. The predicted molar refractivity (Wildman–Crippen MR) is 132 cm³/mol. The van der Waals surface area contributed by atoms with Gasteiger partial charge in [0.05, 0.1) is 16.1 Å². The molecule has 0 bridgehead atoms. The Morgan fingerprint density at radius 2 is 1.79 bits per heavy atom. The Labute approximate surface area is 208 Å². The number of rotatable bonds is 5. The molecule has 0 radical (unpaired) electrons. The quantitative estimate of drug-likeness (QED) is 0.532.